The van der Waals surface area contributed by atoms with Gasteiger partial charge in [0, 0.05) is 53.8 Å². The fourth-order valence-corrected chi connectivity index (χ4v) is 6.32. The van der Waals surface area contributed by atoms with Crippen LogP contribution in [0.5, 0.6) is 0 Å². The lowest BCUT2D eigenvalue weighted by atomic mass is 9.87. The average molecular weight is 504 g/mol. The van der Waals surface area contributed by atoms with E-state index in [9.17, 15) is 9.90 Å². The largest absolute Gasteiger partial charge is 0.393 e. The minimum absolute atomic E-state index is 0.182. The highest BCUT2D eigenvalue weighted by atomic mass is 32.1. The van der Waals surface area contributed by atoms with Gasteiger partial charge in [-0.2, -0.15) is 0 Å². The first-order chi connectivity index (χ1) is 17.5. The summed E-state index contributed by atoms with van der Waals surface area (Å²) >= 11 is 1.55. The molecule has 0 atom stereocenters. The topological polar surface area (TPSA) is 122 Å². The van der Waals surface area contributed by atoms with Crippen LogP contribution in [0.1, 0.15) is 58.4 Å². The third-order valence-corrected chi connectivity index (χ3v) is 8.23. The van der Waals surface area contributed by atoms with E-state index in [2.05, 4.69) is 27.2 Å². The summed E-state index contributed by atoms with van der Waals surface area (Å²) < 4.78 is 2.03. The smallest absolute Gasteiger partial charge is 0.257 e. The molecular formula is C26H29N7O2S. The molecule has 1 amide bonds. The number of aliphatic hydroxyl groups excluding tert-OH is 1. The molecule has 186 valence electrons. The van der Waals surface area contributed by atoms with E-state index in [0.717, 1.165) is 73.5 Å². The summed E-state index contributed by atoms with van der Waals surface area (Å²) in [6.45, 7) is 1.86. The van der Waals surface area contributed by atoms with Gasteiger partial charge in [0.05, 0.1) is 11.8 Å². The van der Waals surface area contributed by atoms with Crippen LogP contribution in [0.15, 0.2) is 36.7 Å². The molecule has 36 heavy (non-hydrogen) atoms. The first kappa shape index (κ1) is 23.1. The van der Waals surface area contributed by atoms with Crippen LogP contribution in [0.3, 0.4) is 0 Å². The lowest BCUT2D eigenvalue weighted by Crippen LogP contribution is -2.25. The van der Waals surface area contributed by atoms with Gasteiger partial charge in [-0.15, -0.1) is 11.3 Å². The van der Waals surface area contributed by atoms with Crippen molar-refractivity contribution in [1.82, 2.24) is 24.3 Å². The fraction of sp³-hybridized carbons (Fsp3) is 0.385. The quantitative estimate of drug-likeness (QED) is 0.388. The fourth-order valence-electron chi connectivity index (χ4n) is 5.24. The number of imidazole rings is 1. The molecule has 4 heterocycles. The van der Waals surface area contributed by atoms with Gasteiger partial charge in [-0.05, 0) is 44.9 Å². The number of aliphatic hydroxyl groups is 1. The van der Waals surface area contributed by atoms with Crippen LogP contribution in [0.4, 0.5) is 10.9 Å². The number of likely N-dealkylation sites (N-methyl/N-ethyl adjacent to an activating group) is 1. The van der Waals surface area contributed by atoms with E-state index in [1.54, 1.807) is 29.7 Å². The number of nitrogens with zero attached hydrogens (tertiary/aromatic N) is 5. The Labute approximate surface area is 213 Å². The molecule has 4 aromatic rings. The standard InChI is InChI=1S/C26H29N7O2S/c1-32-12-10-19-20(14-32)36-26(29-19)31-25(35)17-4-2-15(3-5-17)21-22-23(27)28-11-13-33(22)24(30-21)16-6-8-18(34)9-7-16/h2-5,11,13,16,18,34H,6-10,12,14H2,1H3,(H2,27,28)(H,29,31,35)/t16-,18-. The predicted molar refractivity (Wildman–Crippen MR) is 140 cm³/mol. The Kier molecular flexibility index (Phi) is 5.94. The van der Waals surface area contributed by atoms with Crippen molar-refractivity contribution in [3.63, 3.8) is 0 Å². The van der Waals surface area contributed by atoms with Gasteiger partial charge in [0.15, 0.2) is 5.13 Å². The van der Waals surface area contributed by atoms with Gasteiger partial charge >= 0.3 is 0 Å². The molecule has 0 unspecified atom stereocenters. The van der Waals surface area contributed by atoms with Crippen LogP contribution in [-0.2, 0) is 13.0 Å². The second kappa shape index (κ2) is 9.27. The van der Waals surface area contributed by atoms with Gasteiger partial charge in [-0.25, -0.2) is 15.0 Å². The van der Waals surface area contributed by atoms with E-state index in [0.29, 0.717) is 16.5 Å². The van der Waals surface area contributed by atoms with Gasteiger partial charge in [0.2, 0.25) is 0 Å². The normalized spacial score (nSPS) is 20.4. The predicted octanol–water partition coefficient (Wildman–Crippen LogP) is 3.69. The maximum atomic E-state index is 12.9. The number of carbonyl (C=O) groups excluding carboxylic acids is 1. The molecule has 0 saturated heterocycles. The van der Waals surface area contributed by atoms with Gasteiger partial charge < -0.3 is 15.7 Å². The number of hydrogen-bond acceptors (Lipinski definition) is 8. The van der Waals surface area contributed by atoms with Crippen LogP contribution in [-0.4, -0.2) is 55.0 Å². The summed E-state index contributed by atoms with van der Waals surface area (Å²) in [7, 11) is 2.10. The first-order valence-electron chi connectivity index (χ1n) is 12.4. The highest BCUT2D eigenvalue weighted by molar-refractivity contribution is 7.15. The second-order valence-corrected chi connectivity index (χ2v) is 10.8. The van der Waals surface area contributed by atoms with Crippen LogP contribution >= 0.6 is 11.3 Å². The lowest BCUT2D eigenvalue weighted by molar-refractivity contribution is 0.102. The number of benzene rings is 1. The highest BCUT2D eigenvalue weighted by Gasteiger charge is 2.27. The number of nitrogens with two attached hydrogens (primary N) is 1. The van der Waals surface area contributed by atoms with E-state index >= 15 is 0 Å². The van der Waals surface area contributed by atoms with E-state index in [4.69, 9.17) is 10.7 Å². The number of rotatable bonds is 4. The third-order valence-electron chi connectivity index (χ3n) is 7.24. The van der Waals surface area contributed by atoms with E-state index in [-0.39, 0.29) is 17.9 Å². The van der Waals surface area contributed by atoms with Gasteiger partial charge in [-0.1, -0.05) is 12.1 Å². The van der Waals surface area contributed by atoms with Crippen molar-refractivity contribution < 1.29 is 9.90 Å². The summed E-state index contributed by atoms with van der Waals surface area (Å²) in [5.74, 6) is 1.44. The van der Waals surface area contributed by atoms with Gasteiger partial charge in [-0.3, -0.25) is 14.5 Å². The van der Waals surface area contributed by atoms with Crippen molar-refractivity contribution in [2.24, 2.45) is 0 Å². The van der Waals surface area contributed by atoms with E-state index < -0.39 is 0 Å². The summed E-state index contributed by atoms with van der Waals surface area (Å²) in [6, 6.07) is 7.42. The van der Waals surface area contributed by atoms with Crippen LogP contribution in [0.2, 0.25) is 0 Å². The Balaban J connectivity index is 1.26. The summed E-state index contributed by atoms with van der Waals surface area (Å²) in [4.78, 5) is 30.3. The number of anilines is 2. The molecule has 3 aromatic heterocycles. The molecule has 9 nitrogen and oxygen atoms in total. The number of aromatic nitrogens is 4. The van der Waals surface area contributed by atoms with Crippen molar-refractivity contribution in [2.75, 3.05) is 24.6 Å². The number of thiazole rings is 1. The van der Waals surface area contributed by atoms with Crippen molar-refractivity contribution in [1.29, 1.82) is 0 Å². The molecular weight excluding hydrogens is 474 g/mol. The Hall–Kier alpha value is -3.34. The van der Waals surface area contributed by atoms with Crippen molar-refractivity contribution in [2.45, 2.75) is 50.7 Å². The van der Waals surface area contributed by atoms with Crippen LogP contribution < -0.4 is 11.1 Å². The minimum Gasteiger partial charge on any atom is -0.393 e. The number of amides is 1. The van der Waals surface area contributed by atoms with Crippen molar-refractivity contribution in [3.8, 4) is 11.3 Å². The number of nitrogen functional groups attached to an aromatic ring is 1. The van der Waals surface area contributed by atoms with Gasteiger partial charge in [0.1, 0.15) is 22.9 Å². The van der Waals surface area contributed by atoms with Gasteiger partial charge in [0.25, 0.3) is 5.91 Å². The maximum Gasteiger partial charge on any atom is 0.257 e. The second-order valence-electron chi connectivity index (χ2n) is 9.76. The zero-order valence-corrected chi connectivity index (χ0v) is 21.0. The molecule has 1 aromatic carbocycles. The number of carbonyl (C=O) groups is 1. The molecule has 1 aliphatic heterocycles. The molecule has 0 radical (unpaired) electrons. The molecule has 1 fully saturated rings. The summed E-state index contributed by atoms with van der Waals surface area (Å²) in [5.41, 5.74) is 10.3. The number of nitrogens with one attached hydrogen (secondary N) is 1. The number of hydrogen-bond donors (Lipinski definition) is 3. The molecule has 6 rings (SSSR count). The van der Waals surface area contributed by atoms with Crippen LogP contribution in [0, 0.1) is 0 Å². The lowest BCUT2D eigenvalue weighted by Gasteiger charge is -2.24. The Bertz CT molecular complexity index is 1420. The van der Waals surface area contributed by atoms with Crippen molar-refractivity contribution >= 4 is 33.7 Å². The van der Waals surface area contributed by atoms with Crippen molar-refractivity contribution in [3.05, 3.63) is 58.6 Å². The molecule has 10 heteroatoms. The third kappa shape index (κ3) is 4.25. The molecule has 4 N–H and O–H groups in total. The summed E-state index contributed by atoms with van der Waals surface area (Å²) in [5, 5.41) is 13.5. The SMILES string of the molecule is CN1CCc2nc(NC(=O)c3ccc(-c4nc([C@H]5CC[C@H](O)CC5)n5ccnc(N)c45)cc3)sc2C1. The molecule has 0 bridgehead atoms. The first-order valence-corrected chi connectivity index (χ1v) is 13.2. The molecule has 2 aliphatic rings. The Morgan fingerprint density at radius 1 is 1.17 bits per heavy atom. The number of fused-ring (bicyclic) bond motifs is 2. The Morgan fingerprint density at radius 3 is 2.72 bits per heavy atom. The highest BCUT2D eigenvalue weighted by Crippen LogP contribution is 2.37. The molecule has 1 aliphatic carbocycles. The monoisotopic (exact) mass is 503 g/mol. The Morgan fingerprint density at radius 2 is 1.94 bits per heavy atom. The average Bonchev–Trinajstić information content (AvgIpc) is 3.46. The zero-order valence-electron chi connectivity index (χ0n) is 20.1. The summed E-state index contributed by atoms with van der Waals surface area (Å²) in [6.07, 6.45) is 7.60. The molecule has 1 saturated carbocycles. The zero-order chi connectivity index (χ0) is 24.8. The van der Waals surface area contributed by atoms with Crippen LogP contribution in [0.25, 0.3) is 16.8 Å². The molecule has 0 spiro atoms. The van der Waals surface area contributed by atoms with E-state index in [1.807, 2.05) is 22.7 Å². The minimum atomic E-state index is -0.228. The van der Waals surface area contributed by atoms with E-state index in [1.165, 1.54) is 4.88 Å². The maximum absolute atomic E-state index is 12.9.